The molecule has 3 aromatic rings. The second-order valence-electron chi connectivity index (χ2n) is 9.22. The number of imidazole rings is 1. The van der Waals surface area contributed by atoms with Crippen LogP contribution < -0.4 is 10.5 Å². The Hall–Kier alpha value is -2.71. The van der Waals surface area contributed by atoms with Gasteiger partial charge in [-0.25, -0.2) is 20.1 Å². The van der Waals surface area contributed by atoms with E-state index in [1.807, 2.05) is 26.1 Å². The summed E-state index contributed by atoms with van der Waals surface area (Å²) in [5.74, 6) is 1.20. The Kier molecular flexibility index (Phi) is 6.92. The van der Waals surface area contributed by atoms with E-state index in [-0.39, 0.29) is 30.5 Å². The van der Waals surface area contributed by atoms with Gasteiger partial charge in [-0.05, 0) is 45.1 Å². The second kappa shape index (κ2) is 9.98. The van der Waals surface area contributed by atoms with Crippen molar-refractivity contribution < 1.29 is 22.1 Å². The van der Waals surface area contributed by atoms with Gasteiger partial charge in [0, 0.05) is 35.4 Å². The molecule has 3 N–H and O–H groups in total. The van der Waals surface area contributed by atoms with Gasteiger partial charge in [-0.15, -0.1) is 11.3 Å². The fourth-order valence-corrected chi connectivity index (χ4v) is 6.26. The van der Waals surface area contributed by atoms with Crippen LogP contribution in [0.5, 0.6) is 0 Å². The van der Waals surface area contributed by atoms with Crippen LogP contribution in [-0.4, -0.2) is 53.0 Å². The van der Waals surface area contributed by atoms with Crippen LogP contribution in [0.15, 0.2) is 24.8 Å². The van der Waals surface area contributed by atoms with Gasteiger partial charge in [0.25, 0.3) is 0 Å². The average molecular weight is 533 g/mol. The summed E-state index contributed by atoms with van der Waals surface area (Å²) >= 11 is 1.42. The summed E-state index contributed by atoms with van der Waals surface area (Å²) in [5.41, 5.74) is 2.26. The number of hydrogen-bond donors (Lipinski definition) is 2. The van der Waals surface area contributed by atoms with Crippen molar-refractivity contribution >= 4 is 33.2 Å². The van der Waals surface area contributed by atoms with Gasteiger partial charge in [-0.3, -0.25) is 8.98 Å². The van der Waals surface area contributed by atoms with Crippen LogP contribution in [0.2, 0.25) is 0 Å². The first-order chi connectivity index (χ1) is 17.2. The van der Waals surface area contributed by atoms with E-state index in [4.69, 9.17) is 14.1 Å². The molecule has 0 bridgehead atoms. The zero-order valence-corrected chi connectivity index (χ0v) is 21.6. The molecule has 0 amide bonds. The minimum atomic E-state index is -3.96. The highest BCUT2D eigenvalue weighted by atomic mass is 32.2. The molecular weight excluding hydrogens is 504 g/mol. The molecule has 1 fully saturated rings. The van der Waals surface area contributed by atoms with Gasteiger partial charge in [0.15, 0.2) is 0 Å². The minimum absolute atomic E-state index is 0.0268. The van der Waals surface area contributed by atoms with E-state index < -0.39 is 10.3 Å². The molecule has 0 saturated heterocycles. The SMILES string of the molecule is Cc1cn2c(n1)C(c1cc(C(=O)c3cncnc3N[C@H]3CC[C@@H](COS(N)(=O)=O)C3)sc1C)OCC2. The lowest BCUT2D eigenvalue weighted by molar-refractivity contribution is 0.0429. The summed E-state index contributed by atoms with van der Waals surface area (Å²) in [4.78, 5) is 28.2. The predicted octanol–water partition coefficient (Wildman–Crippen LogP) is 2.50. The number of aromatic nitrogens is 4. The Bertz CT molecular complexity index is 1390. The van der Waals surface area contributed by atoms with Crippen LogP contribution in [0, 0.1) is 19.8 Å². The van der Waals surface area contributed by atoms with E-state index in [0.717, 1.165) is 41.3 Å². The quantitative estimate of drug-likeness (QED) is 0.417. The number of ketones is 1. The highest BCUT2D eigenvalue weighted by Crippen LogP contribution is 2.36. The molecule has 0 spiro atoms. The van der Waals surface area contributed by atoms with Gasteiger partial charge in [0.05, 0.1) is 29.3 Å². The standard InChI is InChI=1S/C23H28N6O5S2/c1-13-10-29-5-6-33-21(23(29)27-13)17-8-19(35-14(17)2)20(30)18-9-25-12-26-22(18)28-16-4-3-15(7-16)11-34-36(24,31)32/h8-10,12,15-16,21H,3-7,11H2,1-2H3,(H2,24,31,32)(H,25,26,28)/t15-,16+,21?/m1/s1. The maximum Gasteiger partial charge on any atom is 0.333 e. The molecular formula is C23H28N6O5S2. The summed E-state index contributed by atoms with van der Waals surface area (Å²) < 4.78 is 35.1. The third kappa shape index (κ3) is 5.34. The third-order valence-corrected chi connectivity index (χ3v) is 8.08. The molecule has 1 saturated carbocycles. The van der Waals surface area contributed by atoms with Crippen molar-refractivity contribution in [3.05, 3.63) is 57.2 Å². The molecule has 192 valence electrons. The molecule has 3 atom stereocenters. The number of fused-ring (bicyclic) bond motifs is 1. The number of thiophene rings is 1. The smallest absolute Gasteiger partial charge is 0.333 e. The van der Waals surface area contributed by atoms with Crippen molar-refractivity contribution in [2.75, 3.05) is 18.5 Å². The van der Waals surface area contributed by atoms with E-state index >= 15 is 0 Å². The molecule has 0 aromatic carbocycles. The lowest BCUT2D eigenvalue weighted by Crippen LogP contribution is -2.22. The Labute approximate surface area is 213 Å². The number of aryl methyl sites for hydroxylation is 2. The summed E-state index contributed by atoms with van der Waals surface area (Å²) in [6, 6.07) is 1.92. The Morgan fingerprint density at radius 3 is 3.00 bits per heavy atom. The number of carbonyl (C=O) groups excluding carboxylic acids is 1. The fourth-order valence-electron chi connectivity index (χ4n) is 4.88. The molecule has 0 radical (unpaired) electrons. The van der Waals surface area contributed by atoms with Crippen molar-refractivity contribution in [2.24, 2.45) is 11.1 Å². The Morgan fingerprint density at radius 2 is 2.19 bits per heavy atom. The predicted molar refractivity (Wildman–Crippen MR) is 133 cm³/mol. The van der Waals surface area contributed by atoms with Crippen LogP contribution >= 0.6 is 11.3 Å². The van der Waals surface area contributed by atoms with E-state index in [2.05, 4.69) is 24.8 Å². The van der Waals surface area contributed by atoms with E-state index in [0.29, 0.717) is 29.3 Å². The zero-order chi connectivity index (χ0) is 25.4. The first-order valence-electron chi connectivity index (χ1n) is 11.7. The van der Waals surface area contributed by atoms with Crippen LogP contribution in [0.25, 0.3) is 0 Å². The maximum absolute atomic E-state index is 13.5. The summed E-state index contributed by atoms with van der Waals surface area (Å²) in [5, 5.41) is 8.28. The number of nitrogens with zero attached hydrogens (tertiary/aromatic N) is 4. The summed E-state index contributed by atoms with van der Waals surface area (Å²) in [7, 11) is -3.96. The summed E-state index contributed by atoms with van der Waals surface area (Å²) in [6.45, 7) is 5.33. The third-order valence-electron chi connectivity index (χ3n) is 6.55. The number of rotatable bonds is 8. The van der Waals surface area contributed by atoms with Gasteiger partial charge in [0.1, 0.15) is 24.1 Å². The lowest BCUT2D eigenvalue weighted by Gasteiger charge is -2.24. The molecule has 1 aliphatic carbocycles. The first kappa shape index (κ1) is 25.0. The topological polar surface area (TPSA) is 151 Å². The average Bonchev–Trinajstić information content (AvgIpc) is 3.54. The normalized spacial score (nSPS) is 21.9. The molecule has 3 aromatic heterocycles. The molecule has 1 unspecified atom stereocenters. The molecule has 2 aliphatic rings. The van der Waals surface area contributed by atoms with E-state index in [9.17, 15) is 13.2 Å². The molecule has 4 heterocycles. The molecule has 5 rings (SSSR count). The van der Waals surface area contributed by atoms with Crippen LogP contribution in [0.3, 0.4) is 0 Å². The van der Waals surface area contributed by atoms with Gasteiger partial charge >= 0.3 is 10.3 Å². The van der Waals surface area contributed by atoms with E-state index in [1.54, 1.807) is 0 Å². The molecule has 13 heteroatoms. The number of ether oxygens (including phenoxy) is 1. The van der Waals surface area contributed by atoms with Crippen LogP contribution in [0.4, 0.5) is 5.82 Å². The highest BCUT2D eigenvalue weighted by Gasteiger charge is 2.30. The van der Waals surface area contributed by atoms with E-state index in [1.165, 1.54) is 23.9 Å². The number of nitrogens with two attached hydrogens (primary N) is 1. The van der Waals surface area contributed by atoms with Crippen molar-refractivity contribution in [3.63, 3.8) is 0 Å². The number of carbonyl (C=O) groups is 1. The molecule has 36 heavy (non-hydrogen) atoms. The fraction of sp³-hybridized carbons (Fsp3) is 0.478. The minimum Gasteiger partial charge on any atom is -0.367 e. The van der Waals surface area contributed by atoms with Crippen molar-refractivity contribution in [1.82, 2.24) is 19.5 Å². The van der Waals surface area contributed by atoms with Gasteiger partial charge in [-0.2, -0.15) is 8.42 Å². The molecule has 11 nitrogen and oxygen atoms in total. The Balaban J connectivity index is 1.33. The maximum atomic E-state index is 13.5. The van der Waals surface area contributed by atoms with Crippen molar-refractivity contribution in [2.45, 2.75) is 51.8 Å². The lowest BCUT2D eigenvalue weighted by atomic mass is 10.1. The van der Waals surface area contributed by atoms with Crippen molar-refractivity contribution in [1.29, 1.82) is 0 Å². The Morgan fingerprint density at radius 1 is 1.36 bits per heavy atom. The van der Waals surface area contributed by atoms with Crippen LogP contribution in [0.1, 0.15) is 62.6 Å². The largest absolute Gasteiger partial charge is 0.367 e. The van der Waals surface area contributed by atoms with Crippen molar-refractivity contribution in [3.8, 4) is 0 Å². The van der Waals surface area contributed by atoms with Gasteiger partial charge < -0.3 is 14.6 Å². The number of hydrogen-bond acceptors (Lipinski definition) is 10. The number of anilines is 1. The molecule has 1 aliphatic heterocycles. The second-order valence-corrected chi connectivity index (χ2v) is 11.7. The van der Waals surface area contributed by atoms with Gasteiger partial charge in [-0.1, -0.05) is 0 Å². The van der Waals surface area contributed by atoms with Crippen LogP contribution in [-0.2, 0) is 25.8 Å². The summed E-state index contributed by atoms with van der Waals surface area (Å²) in [6.07, 6.45) is 6.89. The zero-order valence-electron chi connectivity index (χ0n) is 20.0. The number of nitrogens with one attached hydrogen (secondary N) is 1. The van der Waals surface area contributed by atoms with Gasteiger partial charge in [0.2, 0.25) is 5.78 Å². The first-order valence-corrected chi connectivity index (χ1v) is 14.0. The highest BCUT2D eigenvalue weighted by molar-refractivity contribution is 7.84. The monoisotopic (exact) mass is 532 g/mol.